The van der Waals surface area contributed by atoms with E-state index in [0.29, 0.717) is 12.4 Å². The molecule has 2 rings (SSSR count). The van der Waals surface area contributed by atoms with Gasteiger partial charge in [0.25, 0.3) is 0 Å². The van der Waals surface area contributed by atoms with E-state index in [1.54, 1.807) is 19.4 Å². The first-order chi connectivity index (χ1) is 10.2. The van der Waals surface area contributed by atoms with Gasteiger partial charge in [-0.3, -0.25) is 4.79 Å². The lowest BCUT2D eigenvalue weighted by Crippen LogP contribution is -2.20. The number of aromatic nitrogens is 1. The third-order valence-electron chi connectivity index (χ3n) is 2.79. The number of amides is 1. The highest BCUT2D eigenvalue weighted by molar-refractivity contribution is 9.10. The van der Waals surface area contributed by atoms with Gasteiger partial charge in [0.05, 0.1) is 7.11 Å². The summed E-state index contributed by atoms with van der Waals surface area (Å²) in [6, 6.07) is 11.4. The predicted octanol–water partition coefficient (Wildman–Crippen LogP) is 3.18. The molecule has 0 saturated carbocycles. The number of nitrogens with one attached hydrogen (secondary N) is 1. The summed E-state index contributed by atoms with van der Waals surface area (Å²) >= 11 is 3.37. The van der Waals surface area contributed by atoms with Crippen molar-refractivity contribution in [1.82, 2.24) is 10.3 Å². The van der Waals surface area contributed by atoms with Crippen LogP contribution in [-0.2, 0) is 11.3 Å². The van der Waals surface area contributed by atoms with E-state index >= 15 is 0 Å². The average Bonchev–Trinajstić information content (AvgIpc) is 2.52. The smallest absolute Gasteiger partial charge is 0.244 e. The van der Waals surface area contributed by atoms with Crippen LogP contribution in [0.25, 0.3) is 6.08 Å². The Labute approximate surface area is 132 Å². The zero-order chi connectivity index (χ0) is 15.1. The molecular weight excluding hydrogens is 332 g/mol. The Balaban J connectivity index is 1.91. The normalized spacial score (nSPS) is 10.6. The molecule has 0 atom stereocenters. The fraction of sp³-hybridized carbons (Fsp3) is 0.125. The molecule has 0 aliphatic heterocycles. The van der Waals surface area contributed by atoms with Crippen LogP contribution in [-0.4, -0.2) is 18.0 Å². The van der Waals surface area contributed by atoms with E-state index in [0.717, 1.165) is 15.6 Å². The second-order valence-corrected chi connectivity index (χ2v) is 5.19. The van der Waals surface area contributed by atoms with Crippen LogP contribution in [0.4, 0.5) is 0 Å². The molecule has 21 heavy (non-hydrogen) atoms. The molecule has 2 aromatic rings. The molecule has 1 aromatic heterocycles. The van der Waals surface area contributed by atoms with Crippen molar-refractivity contribution in [3.05, 3.63) is 64.3 Å². The number of carbonyl (C=O) groups excluding carboxylic acids is 1. The van der Waals surface area contributed by atoms with Gasteiger partial charge in [-0.25, -0.2) is 4.98 Å². The Morgan fingerprint density at radius 1 is 1.33 bits per heavy atom. The molecule has 1 aromatic carbocycles. The number of rotatable bonds is 5. The number of methoxy groups -OCH3 is 1. The molecule has 0 spiro atoms. The molecule has 0 unspecified atom stereocenters. The number of hydrogen-bond donors (Lipinski definition) is 1. The second kappa shape index (κ2) is 7.59. The summed E-state index contributed by atoms with van der Waals surface area (Å²) in [5.74, 6) is 0.360. The first-order valence-electron chi connectivity index (χ1n) is 6.38. The van der Waals surface area contributed by atoms with Crippen molar-refractivity contribution in [2.24, 2.45) is 0 Å². The number of halogens is 1. The van der Waals surface area contributed by atoms with E-state index in [-0.39, 0.29) is 5.91 Å². The summed E-state index contributed by atoms with van der Waals surface area (Å²) < 4.78 is 6.14. The summed E-state index contributed by atoms with van der Waals surface area (Å²) in [4.78, 5) is 15.9. The van der Waals surface area contributed by atoms with Crippen molar-refractivity contribution in [3.8, 4) is 5.88 Å². The molecule has 1 heterocycles. The lowest BCUT2D eigenvalue weighted by atomic mass is 10.2. The van der Waals surface area contributed by atoms with Crippen molar-refractivity contribution in [2.75, 3.05) is 7.11 Å². The van der Waals surface area contributed by atoms with Gasteiger partial charge < -0.3 is 10.1 Å². The number of benzene rings is 1. The highest BCUT2D eigenvalue weighted by atomic mass is 79.9. The number of carbonyl (C=O) groups is 1. The molecular formula is C16H15BrN2O2. The van der Waals surface area contributed by atoms with Gasteiger partial charge in [-0.1, -0.05) is 34.1 Å². The summed E-state index contributed by atoms with van der Waals surface area (Å²) in [6.45, 7) is 0.376. The minimum atomic E-state index is -0.163. The number of hydrogen-bond acceptors (Lipinski definition) is 3. The first kappa shape index (κ1) is 15.3. The molecule has 0 aliphatic carbocycles. The molecule has 0 saturated heterocycles. The van der Waals surface area contributed by atoms with Gasteiger partial charge in [-0.05, 0) is 29.8 Å². The summed E-state index contributed by atoms with van der Waals surface area (Å²) in [7, 11) is 1.56. The van der Waals surface area contributed by atoms with Gasteiger partial charge in [0.1, 0.15) is 0 Å². The number of pyridine rings is 1. The zero-order valence-electron chi connectivity index (χ0n) is 11.5. The predicted molar refractivity (Wildman–Crippen MR) is 85.8 cm³/mol. The topological polar surface area (TPSA) is 51.2 Å². The van der Waals surface area contributed by atoms with Crippen LogP contribution in [0, 0.1) is 0 Å². The third kappa shape index (κ3) is 4.72. The minimum absolute atomic E-state index is 0.163. The van der Waals surface area contributed by atoms with Crippen molar-refractivity contribution >= 4 is 27.9 Å². The van der Waals surface area contributed by atoms with Crippen LogP contribution in [0.1, 0.15) is 11.1 Å². The maximum absolute atomic E-state index is 11.8. The Morgan fingerprint density at radius 2 is 2.10 bits per heavy atom. The maximum Gasteiger partial charge on any atom is 0.244 e. The van der Waals surface area contributed by atoms with E-state index in [1.807, 2.05) is 36.4 Å². The summed E-state index contributed by atoms with van der Waals surface area (Å²) in [6.07, 6.45) is 4.92. The van der Waals surface area contributed by atoms with E-state index in [4.69, 9.17) is 4.74 Å². The lowest BCUT2D eigenvalue weighted by molar-refractivity contribution is -0.116. The van der Waals surface area contributed by atoms with Gasteiger partial charge >= 0.3 is 0 Å². The Morgan fingerprint density at radius 3 is 2.81 bits per heavy atom. The van der Waals surface area contributed by atoms with Gasteiger partial charge in [0.15, 0.2) is 0 Å². The van der Waals surface area contributed by atoms with Crippen LogP contribution in [0.5, 0.6) is 5.88 Å². The van der Waals surface area contributed by atoms with Crippen LogP contribution in [0.2, 0.25) is 0 Å². The summed E-state index contributed by atoms with van der Waals surface area (Å²) in [5, 5.41) is 2.80. The molecule has 0 radical (unpaired) electrons. The maximum atomic E-state index is 11.8. The molecule has 4 nitrogen and oxygen atoms in total. The second-order valence-electron chi connectivity index (χ2n) is 4.27. The van der Waals surface area contributed by atoms with Gasteiger partial charge in [0.2, 0.25) is 11.8 Å². The largest absolute Gasteiger partial charge is 0.481 e. The van der Waals surface area contributed by atoms with E-state index in [2.05, 4.69) is 26.2 Å². The SMILES string of the molecule is COc1ncccc1CNC(=O)C=Cc1ccc(Br)cc1. The fourth-order valence-electron chi connectivity index (χ4n) is 1.73. The van der Waals surface area contributed by atoms with Crippen LogP contribution in [0.15, 0.2) is 53.1 Å². The standard InChI is InChI=1S/C16H15BrN2O2/c1-21-16-13(3-2-10-18-16)11-19-15(20)9-6-12-4-7-14(17)8-5-12/h2-10H,11H2,1H3,(H,19,20). The first-order valence-corrected chi connectivity index (χ1v) is 7.17. The number of ether oxygens (including phenoxy) is 1. The third-order valence-corrected chi connectivity index (χ3v) is 3.32. The van der Waals surface area contributed by atoms with E-state index in [1.165, 1.54) is 6.08 Å². The molecule has 0 fully saturated rings. The summed E-state index contributed by atoms with van der Waals surface area (Å²) in [5.41, 5.74) is 1.80. The molecule has 0 aliphatic rings. The molecule has 5 heteroatoms. The van der Waals surface area contributed by atoms with E-state index in [9.17, 15) is 4.79 Å². The monoisotopic (exact) mass is 346 g/mol. The van der Waals surface area contributed by atoms with Crippen LogP contribution in [0.3, 0.4) is 0 Å². The highest BCUT2D eigenvalue weighted by Gasteiger charge is 2.03. The zero-order valence-corrected chi connectivity index (χ0v) is 13.1. The van der Waals surface area contributed by atoms with Gasteiger partial charge in [-0.15, -0.1) is 0 Å². The van der Waals surface area contributed by atoms with Crippen molar-refractivity contribution in [2.45, 2.75) is 6.54 Å². The lowest BCUT2D eigenvalue weighted by Gasteiger charge is -2.06. The van der Waals surface area contributed by atoms with E-state index < -0.39 is 0 Å². The van der Waals surface area contributed by atoms with Crippen LogP contribution >= 0.6 is 15.9 Å². The van der Waals surface area contributed by atoms with Gasteiger partial charge in [0, 0.05) is 28.9 Å². The molecule has 0 bridgehead atoms. The van der Waals surface area contributed by atoms with Crippen molar-refractivity contribution in [1.29, 1.82) is 0 Å². The minimum Gasteiger partial charge on any atom is -0.481 e. The molecule has 1 amide bonds. The number of nitrogens with zero attached hydrogens (tertiary/aromatic N) is 1. The molecule has 1 N–H and O–H groups in total. The average molecular weight is 347 g/mol. The fourth-order valence-corrected chi connectivity index (χ4v) is 1.99. The highest BCUT2D eigenvalue weighted by Crippen LogP contribution is 2.13. The Kier molecular flexibility index (Phi) is 5.51. The van der Waals surface area contributed by atoms with Crippen molar-refractivity contribution in [3.63, 3.8) is 0 Å². The Bertz CT molecular complexity index is 639. The van der Waals surface area contributed by atoms with Crippen molar-refractivity contribution < 1.29 is 9.53 Å². The quantitative estimate of drug-likeness (QED) is 0.846. The van der Waals surface area contributed by atoms with Gasteiger partial charge in [-0.2, -0.15) is 0 Å². The Hall–Kier alpha value is -2.14. The van der Waals surface area contributed by atoms with Crippen LogP contribution < -0.4 is 10.1 Å². The molecule has 108 valence electrons.